The molecule has 2 aromatic carbocycles. The van der Waals surface area contributed by atoms with Gasteiger partial charge in [-0.05, 0) is 55.3 Å². The number of halogens is 1. The number of amides is 1. The van der Waals surface area contributed by atoms with Gasteiger partial charge in [0.25, 0.3) is 5.91 Å². The first-order chi connectivity index (χ1) is 15.0. The fourth-order valence-corrected chi connectivity index (χ4v) is 3.53. The quantitative estimate of drug-likeness (QED) is 0.631. The first-order valence-corrected chi connectivity index (χ1v) is 10.3. The average molecular weight is 420 g/mol. The Labute approximate surface area is 181 Å². The highest BCUT2D eigenvalue weighted by atomic mass is 19.1. The van der Waals surface area contributed by atoms with E-state index >= 15 is 0 Å². The highest BCUT2D eigenvalue weighted by molar-refractivity contribution is 5.78. The molecule has 4 rings (SSSR count). The third-order valence-electron chi connectivity index (χ3n) is 5.57. The van der Waals surface area contributed by atoms with E-state index in [2.05, 4.69) is 47.1 Å². The Morgan fingerprint density at radius 3 is 2.45 bits per heavy atom. The van der Waals surface area contributed by atoms with Crippen LogP contribution in [0.3, 0.4) is 0 Å². The average Bonchev–Trinajstić information content (AvgIpc) is 2.80. The van der Waals surface area contributed by atoms with Gasteiger partial charge >= 0.3 is 0 Å². The number of aryl methyl sites for hydroxylation is 2. The lowest BCUT2D eigenvalue weighted by atomic mass is 10.0. The third kappa shape index (κ3) is 4.99. The number of nitrogens with zero attached hydrogens (tertiary/aromatic N) is 4. The number of benzene rings is 2. The lowest BCUT2D eigenvalue weighted by molar-refractivity contribution is -0.133. The zero-order chi connectivity index (χ0) is 21.8. The number of rotatable bonds is 5. The van der Waals surface area contributed by atoms with Crippen LogP contribution < -0.4 is 9.64 Å². The van der Waals surface area contributed by atoms with Crippen LogP contribution in [0, 0.1) is 19.7 Å². The minimum Gasteiger partial charge on any atom is -0.484 e. The lowest BCUT2D eigenvalue weighted by Gasteiger charge is -2.35. The SMILES string of the molecule is Cc1ccc(-c2ccc(N3CCN(C(=O)COc4cccc(F)c4)CC3)nn2)cc1C. The summed E-state index contributed by atoms with van der Waals surface area (Å²) >= 11 is 0. The van der Waals surface area contributed by atoms with Crippen molar-refractivity contribution in [3.63, 3.8) is 0 Å². The summed E-state index contributed by atoms with van der Waals surface area (Å²) < 4.78 is 18.6. The van der Waals surface area contributed by atoms with Crippen molar-refractivity contribution in [3.8, 4) is 17.0 Å². The van der Waals surface area contributed by atoms with Gasteiger partial charge in [-0.3, -0.25) is 4.79 Å². The molecule has 1 amide bonds. The van der Waals surface area contributed by atoms with Gasteiger partial charge in [-0.15, -0.1) is 10.2 Å². The second-order valence-corrected chi connectivity index (χ2v) is 7.69. The normalized spacial score (nSPS) is 13.9. The van der Waals surface area contributed by atoms with Crippen LogP contribution in [-0.2, 0) is 4.79 Å². The van der Waals surface area contributed by atoms with E-state index in [-0.39, 0.29) is 18.3 Å². The summed E-state index contributed by atoms with van der Waals surface area (Å²) in [6.45, 7) is 6.56. The van der Waals surface area contributed by atoms with Gasteiger partial charge in [0.05, 0.1) is 5.69 Å². The summed E-state index contributed by atoms with van der Waals surface area (Å²) in [6.07, 6.45) is 0. The molecule has 0 bridgehead atoms. The molecule has 0 saturated carbocycles. The summed E-state index contributed by atoms with van der Waals surface area (Å²) in [6, 6.07) is 16.0. The molecule has 0 unspecified atom stereocenters. The second kappa shape index (κ2) is 9.12. The van der Waals surface area contributed by atoms with Crippen molar-refractivity contribution in [3.05, 3.63) is 71.5 Å². The van der Waals surface area contributed by atoms with E-state index in [1.165, 1.54) is 23.3 Å². The summed E-state index contributed by atoms with van der Waals surface area (Å²) in [5.41, 5.74) is 4.37. The number of hydrogen-bond donors (Lipinski definition) is 0. The summed E-state index contributed by atoms with van der Waals surface area (Å²) in [4.78, 5) is 16.3. The molecule has 0 aliphatic carbocycles. The smallest absolute Gasteiger partial charge is 0.260 e. The molecular formula is C24H25FN4O2. The van der Waals surface area contributed by atoms with Crippen molar-refractivity contribution in [1.82, 2.24) is 15.1 Å². The number of carbonyl (C=O) groups is 1. The van der Waals surface area contributed by atoms with Crippen LogP contribution in [0.5, 0.6) is 5.75 Å². The largest absolute Gasteiger partial charge is 0.484 e. The predicted octanol–water partition coefficient (Wildman–Crippen LogP) is 3.63. The van der Waals surface area contributed by atoms with E-state index in [1.807, 2.05) is 12.1 Å². The zero-order valence-corrected chi connectivity index (χ0v) is 17.7. The maximum atomic E-state index is 13.2. The van der Waals surface area contributed by atoms with Crippen LogP contribution in [0.25, 0.3) is 11.3 Å². The van der Waals surface area contributed by atoms with Crippen molar-refractivity contribution in [2.45, 2.75) is 13.8 Å². The van der Waals surface area contributed by atoms with Gasteiger partial charge in [-0.1, -0.05) is 18.2 Å². The molecule has 0 spiro atoms. The zero-order valence-electron chi connectivity index (χ0n) is 17.7. The molecule has 3 aromatic rings. The summed E-state index contributed by atoms with van der Waals surface area (Å²) in [5.74, 6) is 0.658. The summed E-state index contributed by atoms with van der Waals surface area (Å²) in [7, 11) is 0. The number of ether oxygens (including phenoxy) is 1. The Hall–Kier alpha value is -3.48. The second-order valence-electron chi connectivity index (χ2n) is 7.69. The van der Waals surface area contributed by atoms with E-state index in [0.717, 1.165) is 17.1 Å². The highest BCUT2D eigenvalue weighted by Crippen LogP contribution is 2.22. The van der Waals surface area contributed by atoms with Crippen molar-refractivity contribution >= 4 is 11.7 Å². The topological polar surface area (TPSA) is 58.6 Å². The molecule has 6 nitrogen and oxygen atoms in total. The standard InChI is InChI=1S/C24H25FN4O2/c1-17-6-7-19(14-18(17)2)22-8-9-23(27-26-22)28-10-12-29(13-11-28)24(30)16-31-21-5-3-4-20(25)15-21/h3-9,14-15H,10-13,16H2,1-2H3. The van der Waals surface area contributed by atoms with Crippen LogP contribution in [-0.4, -0.2) is 53.8 Å². The maximum absolute atomic E-state index is 13.2. The Kier molecular flexibility index (Phi) is 6.11. The van der Waals surface area contributed by atoms with Gasteiger partial charge in [0.2, 0.25) is 0 Å². The Morgan fingerprint density at radius 2 is 1.77 bits per heavy atom. The first kappa shape index (κ1) is 20.8. The highest BCUT2D eigenvalue weighted by Gasteiger charge is 2.22. The molecular weight excluding hydrogens is 395 g/mol. The van der Waals surface area contributed by atoms with Gasteiger partial charge < -0.3 is 14.5 Å². The Balaban J connectivity index is 1.31. The molecule has 1 aliphatic heterocycles. The monoisotopic (exact) mass is 420 g/mol. The van der Waals surface area contributed by atoms with Gasteiger partial charge in [-0.25, -0.2) is 4.39 Å². The molecule has 0 N–H and O–H groups in total. The van der Waals surface area contributed by atoms with Crippen molar-refractivity contribution in [2.24, 2.45) is 0 Å². The number of hydrogen-bond acceptors (Lipinski definition) is 5. The van der Waals surface area contributed by atoms with Gasteiger partial charge in [-0.2, -0.15) is 0 Å². The van der Waals surface area contributed by atoms with Crippen LogP contribution in [0.4, 0.5) is 10.2 Å². The maximum Gasteiger partial charge on any atom is 0.260 e. The van der Waals surface area contributed by atoms with E-state index in [9.17, 15) is 9.18 Å². The molecule has 7 heteroatoms. The fraction of sp³-hybridized carbons (Fsp3) is 0.292. The molecule has 1 aromatic heterocycles. The number of carbonyl (C=O) groups excluding carboxylic acids is 1. The molecule has 0 atom stereocenters. The predicted molar refractivity (Wildman–Crippen MR) is 118 cm³/mol. The van der Waals surface area contributed by atoms with Gasteiger partial charge in [0, 0.05) is 37.8 Å². The fourth-order valence-electron chi connectivity index (χ4n) is 3.53. The lowest BCUT2D eigenvalue weighted by Crippen LogP contribution is -2.50. The van der Waals surface area contributed by atoms with E-state index in [1.54, 1.807) is 17.0 Å². The van der Waals surface area contributed by atoms with Gasteiger partial charge in [0.15, 0.2) is 12.4 Å². The van der Waals surface area contributed by atoms with Crippen molar-refractivity contribution in [1.29, 1.82) is 0 Å². The van der Waals surface area contributed by atoms with Crippen molar-refractivity contribution < 1.29 is 13.9 Å². The van der Waals surface area contributed by atoms with E-state index in [0.29, 0.717) is 31.9 Å². The minimum absolute atomic E-state index is 0.103. The van der Waals surface area contributed by atoms with E-state index in [4.69, 9.17) is 4.74 Å². The first-order valence-electron chi connectivity index (χ1n) is 10.3. The van der Waals surface area contributed by atoms with Crippen LogP contribution in [0.2, 0.25) is 0 Å². The molecule has 31 heavy (non-hydrogen) atoms. The molecule has 0 radical (unpaired) electrons. The Bertz CT molecular complexity index is 1060. The van der Waals surface area contributed by atoms with Crippen LogP contribution >= 0.6 is 0 Å². The molecule has 1 saturated heterocycles. The van der Waals surface area contributed by atoms with Crippen LogP contribution in [0.15, 0.2) is 54.6 Å². The number of piperazine rings is 1. The molecule has 160 valence electrons. The van der Waals surface area contributed by atoms with Crippen molar-refractivity contribution in [2.75, 3.05) is 37.7 Å². The van der Waals surface area contributed by atoms with Crippen LogP contribution in [0.1, 0.15) is 11.1 Å². The number of aromatic nitrogens is 2. The summed E-state index contributed by atoms with van der Waals surface area (Å²) in [5, 5.41) is 8.79. The third-order valence-corrected chi connectivity index (χ3v) is 5.57. The van der Waals surface area contributed by atoms with Gasteiger partial charge in [0.1, 0.15) is 11.6 Å². The minimum atomic E-state index is -0.386. The Morgan fingerprint density at radius 1 is 0.968 bits per heavy atom. The van der Waals surface area contributed by atoms with E-state index < -0.39 is 0 Å². The molecule has 1 fully saturated rings. The molecule has 2 heterocycles. The number of anilines is 1. The molecule has 1 aliphatic rings.